The van der Waals surface area contributed by atoms with Crippen LogP contribution in [-0.4, -0.2) is 42.2 Å². The molecule has 0 radical (unpaired) electrons. The third-order valence-electron chi connectivity index (χ3n) is 6.73. The predicted octanol–water partition coefficient (Wildman–Crippen LogP) is 0.803. The number of nitrogens with one attached hydrogen (secondary N) is 2. The molecule has 0 aromatic heterocycles. The minimum Gasteiger partial charge on any atom is -0.462 e. The average Bonchev–Trinajstić information content (AvgIpc) is 3.38. The van der Waals surface area contributed by atoms with Crippen molar-refractivity contribution in [2.45, 2.75) is 24.9 Å². The van der Waals surface area contributed by atoms with E-state index in [4.69, 9.17) is 10.5 Å². The molecular formula is C24H21FN4O6. The Morgan fingerprint density at radius 2 is 1.83 bits per heavy atom. The first-order valence-electron chi connectivity index (χ1n) is 11.0. The SMILES string of the molecule is CCOC(=O)c1ccc(N2C(=O)[C@H]3[C@@H](C2=O)[C@]2(N[C@@H]3CC(N)=O)C(=O)Nc3ccc(F)cc32)cc1. The van der Waals surface area contributed by atoms with Crippen molar-refractivity contribution in [1.82, 2.24) is 5.32 Å². The highest BCUT2D eigenvalue weighted by atomic mass is 19.1. The molecule has 2 aromatic rings. The summed E-state index contributed by atoms with van der Waals surface area (Å²) in [5.74, 6) is -6.19. The first-order chi connectivity index (χ1) is 16.7. The largest absolute Gasteiger partial charge is 0.462 e. The van der Waals surface area contributed by atoms with Crippen LogP contribution in [0.3, 0.4) is 0 Å². The molecule has 0 bridgehead atoms. The Morgan fingerprint density at radius 3 is 2.49 bits per heavy atom. The van der Waals surface area contributed by atoms with E-state index in [0.717, 1.165) is 11.0 Å². The molecule has 1 spiro atoms. The number of hydrogen-bond donors (Lipinski definition) is 3. The quantitative estimate of drug-likeness (QED) is 0.424. The van der Waals surface area contributed by atoms with Gasteiger partial charge in [-0.2, -0.15) is 0 Å². The van der Waals surface area contributed by atoms with Gasteiger partial charge in [0.15, 0.2) is 0 Å². The summed E-state index contributed by atoms with van der Waals surface area (Å²) in [5.41, 5.74) is 4.56. The van der Waals surface area contributed by atoms with Crippen LogP contribution in [0.15, 0.2) is 42.5 Å². The van der Waals surface area contributed by atoms with E-state index in [0.29, 0.717) is 5.69 Å². The number of primary amides is 1. The minimum absolute atomic E-state index is 0.185. The molecule has 0 aliphatic carbocycles. The summed E-state index contributed by atoms with van der Waals surface area (Å²) in [6, 6.07) is 8.44. The molecule has 4 atom stereocenters. The summed E-state index contributed by atoms with van der Waals surface area (Å²) >= 11 is 0. The highest BCUT2D eigenvalue weighted by molar-refractivity contribution is 6.26. The second-order valence-corrected chi connectivity index (χ2v) is 8.66. The summed E-state index contributed by atoms with van der Waals surface area (Å²) in [6.45, 7) is 1.86. The Labute approximate surface area is 198 Å². The van der Waals surface area contributed by atoms with Gasteiger partial charge in [-0.25, -0.2) is 14.1 Å². The Hall–Kier alpha value is -4.12. The zero-order chi connectivity index (χ0) is 25.1. The minimum atomic E-state index is -1.76. The average molecular weight is 480 g/mol. The number of carbonyl (C=O) groups is 5. The van der Waals surface area contributed by atoms with E-state index in [1.807, 2.05) is 0 Å². The molecule has 35 heavy (non-hydrogen) atoms. The molecule has 3 aliphatic heterocycles. The van der Waals surface area contributed by atoms with E-state index >= 15 is 0 Å². The molecule has 0 unspecified atom stereocenters. The van der Waals surface area contributed by atoms with E-state index < -0.39 is 58.8 Å². The Bertz CT molecular complexity index is 1300. The van der Waals surface area contributed by atoms with Gasteiger partial charge in [-0.1, -0.05) is 0 Å². The topological polar surface area (TPSA) is 148 Å². The lowest BCUT2D eigenvalue weighted by Crippen LogP contribution is -2.53. The summed E-state index contributed by atoms with van der Waals surface area (Å²) in [7, 11) is 0. The molecule has 4 amide bonds. The van der Waals surface area contributed by atoms with Gasteiger partial charge >= 0.3 is 5.97 Å². The number of nitrogens with zero attached hydrogens (tertiary/aromatic N) is 1. The van der Waals surface area contributed by atoms with E-state index in [1.165, 1.54) is 36.4 Å². The number of benzene rings is 2. The number of ether oxygens (including phenoxy) is 1. The molecule has 4 N–H and O–H groups in total. The number of imide groups is 1. The van der Waals surface area contributed by atoms with Crippen molar-refractivity contribution in [3.63, 3.8) is 0 Å². The Morgan fingerprint density at radius 1 is 1.11 bits per heavy atom. The maximum atomic E-state index is 14.2. The van der Waals surface area contributed by atoms with Crippen molar-refractivity contribution in [2.24, 2.45) is 17.6 Å². The van der Waals surface area contributed by atoms with E-state index in [1.54, 1.807) is 6.92 Å². The first kappa shape index (κ1) is 22.7. The van der Waals surface area contributed by atoms with Crippen LogP contribution in [0, 0.1) is 17.7 Å². The van der Waals surface area contributed by atoms with Crippen molar-refractivity contribution in [3.8, 4) is 0 Å². The molecule has 10 nitrogen and oxygen atoms in total. The summed E-state index contributed by atoms with van der Waals surface area (Å²) in [5, 5.41) is 5.64. The van der Waals surface area contributed by atoms with Gasteiger partial charge in [-0.05, 0) is 49.4 Å². The molecular weight excluding hydrogens is 459 g/mol. The van der Waals surface area contributed by atoms with Gasteiger partial charge in [0, 0.05) is 23.7 Å². The third kappa shape index (κ3) is 3.22. The molecule has 3 aliphatic rings. The fraction of sp³-hybridized carbons (Fsp3) is 0.292. The lowest BCUT2D eigenvalue weighted by molar-refractivity contribution is -0.130. The van der Waals surface area contributed by atoms with Crippen LogP contribution in [0.1, 0.15) is 29.3 Å². The van der Waals surface area contributed by atoms with Gasteiger partial charge in [-0.15, -0.1) is 0 Å². The lowest BCUT2D eigenvalue weighted by atomic mass is 9.76. The maximum Gasteiger partial charge on any atom is 0.338 e. The highest BCUT2D eigenvalue weighted by Crippen LogP contribution is 2.54. The van der Waals surface area contributed by atoms with Gasteiger partial charge in [0.25, 0.3) is 0 Å². The summed E-state index contributed by atoms with van der Waals surface area (Å²) in [4.78, 5) is 65.3. The van der Waals surface area contributed by atoms with E-state index in [2.05, 4.69) is 10.6 Å². The fourth-order valence-electron chi connectivity index (χ4n) is 5.38. The number of rotatable bonds is 5. The normalized spacial score (nSPS) is 26.6. The monoisotopic (exact) mass is 480 g/mol. The maximum absolute atomic E-state index is 14.2. The zero-order valence-corrected chi connectivity index (χ0v) is 18.5. The number of halogens is 1. The van der Waals surface area contributed by atoms with Gasteiger partial charge in [0.2, 0.25) is 23.6 Å². The predicted molar refractivity (Wildman–Crippen MR) is 119 cm³/mol. The number of anilines is 2. The van der Waals surface area contributed by atoms with Crippen LogP contribution < -0.4 is 21.3 Å². The van der Waals surface area contributed by atoms with Gasteiger partial charge in [0.1, 0.15) is 11.4 Å². The second-order valence-electron chi connectivity index (χ2n) is 8.66. The second kappa shape index (κ2) is 7.98. The molecule has 0 saturated carbocycles. The van der Waals surface area contributed by atoms with Crippen LogP contribution >= 0.6 is 0 Å². The van der Waals surface area contributed by atoms with Crippen molar-refractivity contribution >= 4 is 41.0 Å². The number of carbonyl (C=O) groups excluding carboxylic acids is 5. The van der Waals surface area contributed by atoms with E-state index in [9.17, 15) is 28.4 Å². The number of fused-ring (bicyclic) bond motifs is 4. The number of nitrogens with two attached hydrogens (primary N) is 1. The van der Waals surface area contributed by atoms with Crippen LogP contribution in [0.4, 0.5) is 15.8 Å². The number of hydrogen-bond acceptors (Lipinski definition) is 7. The molecule has 11 heteroatoms. The molecule has 180 valence electrons. The summed E-state index contributed by atoms with van der Waals surface area (Å²) < 4.78 is 19.2. The van der Waals surface area contributed by atoms with Gasteiger partial charge in [-0.3, -0.25) is 24.5 Å². The number of amides is 4. The third-order valence-corrected chi connectivity index (χ3v) is 6.73. The first-order valence-corrected chi connectivity index (χ1v) is 11.0. The molecule has 5 rings (SSSR count). The Kier molecular flexibility index (Phi) is 5.17. The van der Waals surface area contributed by atoms with Crippen molar-refractivity contribution < 1.29 is 33.1 Å². The Balaban J connectivity index is 1.59. The standard InChI is InChI=1S/C24H21FN4O6/c1-2-35-22(33)11-3-6-13(7-4-11)29-20(31)18-16(10-17(26)30)28-24(19(18)21(29)32)14-9-12(25)5-8-15(14)27-23(24)34/h3-9,16,18-19,28H,2,10H2,1H3,(H2,26,30)(H,27,34)/t16-,18-,19+,24+/m1/s1. The van der Waals surface area contributed by atoms with Crippen LogP contribution in [0.5, 0.6) is 0 Å². The van der Waals surface area contributed by atoms with Crippen molar-refractivity contribution in [2.75, 3.05) is 16.8 Å². The molecule has 2 saturated heterocycles. The smallest absolute Gasteiger partial charge is 0.338 e. The van der Waals surface area contributed by atoms with Crippen LogP contribution in [0.25, 0.3) is 0 Å². The van der Waals surface area contributed by atoms with Crippen LogP contribution in [0.2, 0.25) is 0 Å². The van der Waals surface area contributed by atoms with Crippen molar-refractivity contribution in [3.05, 3.63) is 59.4 Å². The lowest BCUT2D eigenvalue weighted by Gasteiger charge is -2.29. The highest BCUT2D eigenvalue weighted by Gasteiger charge is 2.70. The van der Waals surface area contributed by atoms with Gasteiger partial charge < -0.3 is 15.8 Å². The summed E-state index contributed by atoms with van der Waals surface area (Å²) in [6.07, 6.45) is -0.310. The number of esters is 1. The molecule has 3 heterocycles. The van der Waals surface area contributed by atoms with Crippen LogP contribution in [-0.2, 0) is 29.5 Å². The van der Waals surface area contributed by atoms with E-state index in [-0.39, 0.29) is 29.8 Å². The zero-order valence-electron chi connectivity index (χ0n) is 18.5. The van der Waals surface area contributed by atoms with Gasteiger partial charge in [0.05, 0.1) is 29.7 Å². The molecule has 2 aromatic carbocycles. The van der Waals surface area contributed by atoms with Crippen molar-refractivity contribution in [1.29, 1.82) is 0 Å². The fourth-order valence-corrected chi connectivity index (χ4v) is 5.38. The molecule has 2 fully saturated rings.